The molecule has 0 amide bonds. The lowest BCUT2D eigenvalue weighted by molar-refractivity contribution is -0.394. The molecule has 0 atom stereocenters. The number of halogens is 1. The minimum Gasteiger partial charge on any atom is -0.450 e. The van der Waals surface area contributed by atoms with Gasteiger partial charge in [-0.25, -0.2) is 0 Å². The molecule has 0 fully saturated rings. The average Bonchev–Trinajstić information content (AvgIpc) is 2.48. The lowest BCUT2D eigenvalue weighted by Crippen LogP contribution is -1.97. The molecule has 8 nitrogen and oxygen atoms in total. The van der Waals surface area contributed by atoms with Gasteiger partial charge in [-0.15, -0.1) is 0 Å². The van der Waals surface area contributed by atoms with Gasteiger partial charge in [0.25, 0.3) is 5.69 Å². The van der Waals surface area contributed by atoms with Crippen molar-refractivity contribution in [3.63, 3.8) is 0 Å². The summed E-state index contributed by atoms with van der Waals surface area (Å²) in [7, 11) is 0. The molecule has 114 valence electrons. The molecule has 0 saturated carbocycles. The lowest BCUT2D eigenvalue weighted by atomic mass is 10.2. The number of rotatable bonds is 5. The molecule has 0 unspecified atom stereocenters. The Morgan fingerprint density at radius 3 is 2.32 bits per heavy atom. The number of hydrogen-bond donors (Lipinski definition) is 1. The number of hydrogen-bond acceptors (Lipinski definition) is 6. The Labute approximate surface area is 128 Å². The van der Waals surface area contributed by atoms with Crippen molar-refractivity contribution in [2.75, 3.05) is 0 Å². The van der Waals surface area contributed by atoms with E-state index in [1.54, 1.807) is 0 Å². The fourth-order valence-corrected chi connectivity index (χ4v) is 1.93. The second-order valence-electron chi connectivity index (χ2n) is 4.18. The first-order valence-electron chi connectivity index (χ1n) is 5.92. The molecule has 0 bridgehead atoms. The Balaban J connectivity index is 2.45. The monoisotopic (exact) mass is 324 g/mol. The summed E-state index contributed by atoms with van der Waals surface area (Å²) in [6, 6.07) is 7.42. The number of nitro groups is 2. The normalized spacial score (nSPS) is 10.3. The maximum Gasteiger partial charge on any atom is 0.318 e. The Morgan fingerprint density at radius 1 is 1.05 bits per heavy atom. The molecule has 0 heterocycles. The quantitative estimate of drug-likeness (QED) is 0.665. The molecule has 0 aromatic heterocycles. The van der Waals surface area contributed by atoms with Gasteiger partial charge in [-0.2, -0.15) is 0 Å². The predicted octanol–water partition coefficient (Wildman–Crippen LogP) is 3.44. The van der Waals surface area contributed by atoms with Crippen molar-refractivity contribution < 1.29 is 19.7 Å². The Morgan fingerprint density at radius 2 is 1.73 bits per heavy atom. The van der Waals surface area contributed by atoms with Crippen LogP contribution in [0.15, 0.2) is 36.4 Å². The Hall–Kier alpha value is -2.71. The van der Waals surface area contributed by atoms with Gasteiger partial charge in [0, 0.05) is 16.7 Å². The first-order valence-corrected chi connectivity index (χ1v) is 6.30. The molecular weight excluding hydrogens is 316 g/mol. The topological polar surface area (TPSA) is 116 Å². The zero-order valence-electron chi connectivity index (χ0n) is 10.9. The van der Waals surface area contributed by atoms with Crippen LogP contribution >= 0.6 is 11.6 Å². The average molecular weight is 325 g/mol. The van der Waals surface area contributed by atoms with Crippen LogP contribution in [0.2, 0.25) is 5.02 Å². The van der Waals surface area contributed by atoms with Gasteiger partial charge in [0.2, 0.25) is 5.75 Å². The summed E-state index contributed by atoms with van der Waals surface area (Å²) < 4.78 is 5.40. The highest BCUT2D eigenvalue weighted by atomic mass is 35.5. The highest BCUT2D eigenvalue weighted by Crippen LogP contribution is 2.36. The van der Waals surface area contributed by atoms with E-state index >= 15 is 0 Å². The van der Waals surface area contributed by atoms with Crippen LogP contribution < -0.4 is 4.74 Å². The third-order valence-electron chi connectivity index (χ3n) is 2.76. The number of ether oxygens (including phenoxy) is 1. The highest BCUT2D eigenvalue weighted by molar-refractivity contribution is 6.30. The second-order valence-corrected chi connectivity index (χ2v) is 4.61. The molecule has 1 N–H and O–H groups in total. The summed E-state index contributed by atoms with van der Waals surface area (Å²) in [5.74, 6) is -0.00326. The van der Waals surface area contributed by atoms with Gasteiger partial charge in [0.15, 0.2) is 0 Å². The second kappa shape index (κ2) is 6.37. The smallest absolute Gasteiger partial charge is 0.318 e. The van der Waals surface area contributed by atoms with Crippen LogP contribution in [-0.4, -0.2) is 15.0 Å². The maximum absolute atomic E-state index is 11.0. The van der Waals surface area contributed by atoms with Crippen LogP contribution in [0.1, 0.15) is 5.56 Å². The van der Waals surface area contributed by atoms with Crippen LogP contribution in [0.5, 0.6) is 11.5 Å². The van der Waals surface area contributed by atoms with Crippen molar-refractivity contribution in [3.8, 4) is 11.5 Å². The Bertz CT molecular complexity index is 749. The van der Waals surface area contributed by atoms with Gasteiger partial charge in [0.1, 0.15) is 5.75 Å². The maximum atomic E-state index is 11.0. The van der Waals surface area contributed by atoms with Crippen molar-refractivity contribution in [3.05, 3.63) is 67.2 Å². The largest absolute Gasteiger partial charge is 0.450 e. The van der Waals surface area contributed by atoms with E-state index in [1.165, 1.54) is 18.2 Å². The summed E-state index contributed by atoms with van der Waals surface area (Å²) in [5, 5.41) is 31.3. The van der Waals surface area contributed by atoms with Gasteiger partial charge in [0.05, 0.1) is 22.5 Å². The van der Waals surface area contributed by atoms with Gasteiger partial charge >= 0.3 is 5.69 Å². The number of nitrogens with zero attached hydrogens (tertiary/aromatic N) is 2. The SMILES string of the molecule is O=[N+]([O-])c1ccc(Oc2ccc(Cl)cc2CO)c([N+](=O)[O-])c1. The van der Waals surface area contributed by atoms with Gasteiger partial charge in [-0.3, -0.25) is 20.2 Å². The predicted molar refractivity (Wildman–Crippen MR) is 77.2 cm³/mol. The van der Waals surface area contributed by atoms with E-state index in [4.69, 9.17) is 16.3 Å². The molecule has 0 aliphatic heterocycles. The molecule has 0 radical (unpaired) electrons. The zero-order chi connectivity index (χ0) is 16.3. The van der Waals surface area contributed by atoms with Gasteiger partial charge < -0.3 is 9.84 Å². The summed E-state index contributed by atoms with van der Waals surface area (Å²) >= 11 is 5.79. The van der Waals surface area contributed by atoms with E-state index in [-0.39, 0.29) is 18.1 Å². The van der Waals surface area contributed by atoms with Crippen molar-refractivity contribution in [1.29, 1.82) is 0 Å². The van der Waals surface area contributed by atoms with Crippen LogP contribution in [0.25, 0.3) is 0 Å². The number of benzene rings is 2. The van der Waals surface area contributed by atoms with Crippen molar-refractivity contribution in [2.45, 2.75) is 6.61 Å². The molecule has 0 saturated heterocycles. The van der Waals surface area contributed by atoms with Crippen molar-refractivity contribution >= 4 is 23.0 Å². The number of non-ortho nitro benzene ring substituents is 1. The van der Waals surface area contributed by atoms with Gasteiger partial charge in [-0.1, -0.05) is 11.6 Å². The fourth-order valence-electron chi connectivity index (χ4n) is 1.74. The number of aliphatic hydroxyl groups excluding tert-OH is 1. The van der Waals surface area contributed by atoms with E-state index in [1.807, 2.05) is 0 Å². The summed E-state index contributed by atoms with van der Waals surface area (Å²) in [6.45, 7) is -0.378. The summed E-state index contributed by atoms with van der Waals surface area (Å²) in [6.07, 6.45) is 0. The molecule has 0 aliphatic carbocycles. The number of nitro benzene ring substituents is 2. The minimum absolute atomic E-state index is 0.170. The molecule has 2 aromatic rings. The van der Waals surface area contributed by atoms with E-state index in [0.717, 1.165) is 18.2 Å². The Kier molecular flexibility index (Phi) is 4.54. The van der Waals surface area contributed by atoms with E-state index in [9.17, 15) is 25.3 Å². The third kappa shape index (κ3) is 3.30. The summed E-state index contributed by atoms with van der Waals surface area (Å²) in [5.41, 5.74) is -0.634. The van der Waals surface area contributed by atoms with Crippen molar-refractivity contribution in [2.24, 2.45) is 0 Å². The van der Waals surface area contributed by atoms with E-state index in [0.29, 0.717) is 10.6 Å². The molecule has 0 spiro atoms. The standard InChI is InChI=1S/C13H9ClN2O6/c14-9-1-3-12(8(5-9)7-17)22-13-4-2-10(15(18)19)6-11(13)16(20)21/h1-6,17H,7H2. The van der Waals surface area contributed by atoms with E-state index in [2.05, 4.69) is 0 Å². The van der Waals surface area contributed by atoms with Crippen LogP contribution in [0.4, 0.5) is 11.4 Å². The molecule has 9 heteroatoms. The van der Waals surface area contributed by atoms with E-state index < -0.39 is 21.2 Å². The molecule has 2 aromatic carbocycles. The first kappa shape index (κ1) is 15.7. The molecular formula is C13H9ClN2O6. The lowest BCUT2D eigenvalue weighted by Gasteiger charge is -2.10. The van der Waals surface area contributed by atoms with Crippen LogP contribution in [-0.2, 0) is 6.61 Å². The van der Waals surface area contributed by atoms with Crippen LogP contribution in [0, 0.1) is 20.2 Å². The molecule has 0 aliphatic rings. The number of aliphatic hydroxyl groups is 1. The summed E-state index contributed by atoms with van der Waals surface area (Å²) in [4.78, 5) is 20.2. The fraction of sp³-hybridized carbons (Fsp3) is 0.0769. The minimum atomic E-state index is -0.781. The van der Waals surface area contributed by atoms with Crippen molar-refractivity contribution in [1.82, 2.24) is 0 Å². The van der Waals surface area contributed by atoms with Gasteiger partial charge in [-0.05, 0) is 24.3 Å². The first-order chi connectivity index (χ1) is 10.4. The zero-order valence-corrected chi connectivity index (χ0v) is 11.7. The molecule has 22 heavy (non-hydrogen) atoms. The van der Waals surface area contributed by atoms with Crippen LogP contribution in [0.3, 0.4) is 0 Å². The highest BCUT2D eigenvalue weighted by Gasteiger charge is 2.21. The molecule has 2 rings (SSSR count). The third-order valence-corrected chi connectivity index (χ3v) is 3.00.